The molecule has 0 atom stereocenters. The van der Waals surface area contributed by atoms with Crippen LogP contribution in [0.2, 0.25) is 0 Å². The molecule has 0 amide bonds. The van der Waals surface area contributed by atoms with Crippen molar-refractivity contribution in [3.8, 4) is 66.8 Å². The number of benzene rings is 15. The first-order valence-electron chi connectivity index (χ1n) is 39.7. The lowest BCUT2D eigenvalue weighted by Gasteiger charge is -2.09. The Kier molecular flexibility index (Phi) is 22.5. The van der Waals surface area contributed by atoms with Crippen molar-refractivity contribution in [3.63, 3.8) is 0 Å². The van der Waals surface area contributed by atoms with Crippen molar-refractivity contribution in [2.45, 2.75) is 149 Å². The van der Waals surface area contributed by atoms with Crippen LogP contribution in [0.5, 0.6) is 0 Å². The second-order valence-electron chi connectivity index (χ2n) is 32.1. The van der Waals surface area contributed by atoms with E-state index in [4.69, 9.17) is 0 Å². The summed E-state index contributed by atoms with van der Waals surface area (Å²) in [4.78, 5) is 0. The van der Waals surface area contributed by atoms with Gasteiger partial charge >= 0.3 is 0 Å². The molecule has 110 heavy (non-hydrogen) atoms. The highest BCUT2D eigenvalue weighted by atomic mass is 14.3. The van der Waals surface area contributed by atoms with Crippen LogP contribution >= 0.6 is 0 Å². The summed E-state index contributed by atoms with van der Waals surface area (Å²) in [6.45, 7) is 34.7. The van der Waals surface area contributed by atoms with E-state index in [0.29, 0.717) is 0 Å². The van der Waals surface area contributed by atoms with E-state index in [2.05, 4.69) is 390 Å². The maximum absolute atomic E-state index is 2.37. The maximum atomic E-state index is 2.37. The van der Waals surface area contributed by atoms with Gasteiger partial charge in [0.25, 0.3) is 0 Å². The van der Waals surface area contributed by atoms with E-state index in [-0.39, 0.29) is 0 Å². The Bertz CT molecular complexity index is 5820. The zero-order valence-electron chi connectivity index (χ0n) is 67.8. The summed E-state index contributed by atoms with van der Waals surface area (Å²) < 4.78 is 0. The predicted octanol–water partition coefficient (Wildman–Crippen LogP) is 29.0. The molecular weight excluding hydrogens is 1320 g/mol. The van der Waals surface area contributed by atoms with Crippen LogP contribution in [0, 0.1) is 111 Å². The minimum absolute atomic E-state index is 1.08. The van der Waals surface area contributed by atoms with Gasteiger partial charge in [-0.05, 0) is 333 Å². The van der Waals surface area contributed by atoms with E-state index in [1.807, 2.05) is 0 Å². The van der Waals surface area contributed by atoms with Crippen LogP contribution in [0.25, 0.3) is 77.5 Å². The lowest BCUT2D eigenvalue weighted by molar-refractivity contribution is 1.19. The Morgan fingerprint density at radius 1 is 0.145 bits per heavy atom. The number of hydrogen-bond donors (Lipinski definition) is 0. The lowest BCUT2D eigenvalue weighted by Crippen LogP contribution is -1.88. The second kappa shape index (κ2) is 32.8. The average Bonchev–Trinajstić information content (AvgIpc) is 1.59. The highest BCUT2D eigenvalue weighted by Crippen LogP contribution is 2.46. The van der Waals surface area contributed by atoms with E-state index in [9.17, 15) is 0 Å². The van der Waals surface area contributed by atoms with Crippen LogP contribution < -0.4 is 0 Å². The Balaban J connectivity index is 0.000000106. The number of hydrogen-bond acceptors (Lipinski definition) is 0. The molecule has 21 rings (SSSR count). The molecule has 15 aromatic carbocycles. The SMILES string of the molecule is Cc1cc(C)c2c(c1)-c1ccccc1C2.Cc1ccc(C)c2c1Cc1ccccc1-2.Cc1ccc(C)cc1.Cc1ccc2c(c1)Cc1c(C)cccc1-2.Cc1ccc2c(c1)Cc1cc(C)c3ccccc3c1-2.Cc1ccc2c(c1)Cc1cc(C)ccc1-2.Cc1cccc(C)c1.Cc1cccc2c1Cc1c(C)cccc1-2. The zero-order chi connectivity index (χ0) is 77.0. The fourth-order valence-corrected chi connectivity index (χ4v) is 17.6. The third kappa shape index (κ3) is 16.3. The molecule has 0 aromatic heterocycles. The Morgan fingerprint density at radius 2 is 0.491 bits per heavy atom. The summed E-state index contributed by atoms with van der Waals surface area (Å²) in [5.74, 6) is 0. The summed E-state index contributed by atoms with van der Waals surface area (Å²) in [5, 5.41) is 2.79. The second-order valence-corrected chi connectivity index (χ2v) is 32.1. The Morgan fingerprint density at radius 3 is 1.03 bits per heavy atom. The topological polar surface area (TPSA) is 0 Å². The normalized spacial score (nSPS) is 12.0. The molecule has 0 fully saturated rings. The molecular formula is C110H106. The molecule has 0 bridgehead atoms. The average molecular weight is 1430 g/mol. The third-order valence-corrected chi connectivity index (χ3v) is 23.3. The first-order chi connectivity index (χ1) is 53.1. The van der Waals surface area contributed by atoms with Crippen LogP contribution in [0.4, 0.5) is 0 Å². The van der Waals surface area contributed by atoms with Gasteiger partial charge < -0.3 is 0 Å². The van der Waals surface area contributed by atoms with Gasteiger partial charge in [-0.15, -0.1) is 0 Å². The van der Waals surface area contributed by atoms with Crippen molar-refractivity contribution in [2.24, 2.45) is 0 Å². The van der Waals surface area contributed by atoms with E-state index >= 15 is 0 Å². The first-order valence-corrected chi connectivity index (χ1v) is 39.7. The fraction of sp³-hybridized carbons (Fsp3) is 0.200. The minimum Gasteiger partial charge on any atom is -0.0619 e. The molecule has 0 N–H and O–H groups in total. The molecule has 15 aromatic rings. The molecule has 6 aliphatic carbocycles. The molecule has 546 valence electrons. The third-order valence-electron chi connectivity index (χ3n) is 23.3. The van der Waals surface area contributed by atoms with Crippen molar-refractivity contribution in [2.75, 3.05) is 0 Å². The molecule has 0 saturated heterocycles. The lowest BCUT2D eigenvalue weighted by atomic mass is 9.94. The van der Waals surface area contributed by atoms with Crippen LogP contribution in [-0.4, -0.2) is 0 Å². The molecule has 0 unspecified atom stereocenters. The molecule has 0 nitrogen and oxygen atoms in total. The van der Waals surface area contributed by atoms with E-state index < -0.39 is 0 Å². The van der Waals surface area contributed by atoms with Crippen LogP contribution in [0.1, 0.15) is 156 Å². The molecule has 0 heteroatoms. The van der Waals surface area contributed by atoms with Crippen molar-refractivity contribution in [1.29, 1.82) is 0 Å². The predicted molar refractivity (Wildman–Crippen MR) is 474 cm³/mol. The quantitative estimate of drug-likeness (QED) is 0.142. The van der Waals surface area contributed by atoms with Crippen molar-refractivity contribution in [3.05, 3.63) is 435 Å². The largest absolute Gasteiger partial charge is 0.0619 e. The van der Waals surface area contributed by atoms with Gasteiger partial charge in [0.05, 0.1) is 0 Å². The summed E-state index contributed by atoms with van der Waals surface area (Å²) >= 11 is 0. The van der Waals surface area contributed by atoms with Crippen LogP contribution in [0.3, 0.4) is 0 Å². The molecule has 0 aliphatic heterocycles. The van der Waals surface area contributed by atoms with Gasteiger partial charge in [-0.2, -0.15) is 0 Å². The van der Waals surface area contributed by atoms with E-state index in [0.717, 1.165) is 38.5 Å². The number of rotatable bonds is 0. The van der Waals surface area contributed by atoms with Crippen molar-refractivity contribution >= 4 is 10.8 Å². The van der Waals surface area contributed by atoms with Gasteiger partial charge in [-0.3, -0.25) is 0 Å². The Labute approximate surface area is 657 Å². The van der Waals surface area contributed by atoms with E-state index in [1.165, 1.54) is 233 Å². The van der Waals surface area contributed by atoms with Crippen molar-refractivity contribution in [1.82, 2.24) is 0 Å². The molecule has 0 radical (unpaired) electrons. The number of aryl methyl sites for hydroxylation is 16. The van der Waals surface area contributed by atoms with Gasteiger partial charge in [0.15, 0.2) is 0 Å². The molecule has 0 spiro atoms. The van der Waals surface area contributed by atoms with Gasteiger partial charge in [-0.1, -0.05) is 329 Å². The van der Waals surface area contributed by atoms with Gasteiger partial charge in [-0.25, -0.2) is 0 Å². The Hall–Kier alpha value is -11.4. The minimum atomic E-state index is 1.08. The maximum Gasteiger partial charge on any atom is -0.000820 e. The standard InChI is InChI=1S/C19H16.5C15H14.2C8H10/c1-12-7-8-17-14(9-12)11-15-10-13(2)16-5-3-4-6-18(16)19(15)17;1-10-3-5-14-12(7-10)9-13-8-11(2)4-6-15(13)14;1-10-5-3-7-12-13-8-4-6-11(2)15(13)9-14(10)12;1-10-6-7-13-12(8-10)9-15-11(2)4-3-5-14(13)15;1-10-7-11(2)14-9-12-5-3-4-6-13(12)15(14)8-10;1-10-7-8-11(2)15-13-6-4-3-5-12(13)9-14(10)15;1-7-3-5-8(2)6-4-7;1-7-4-3-5-8(2)6-7/h3-10H,11H2,1-2H3;5*3-8H,9H2,1-2H3;2*3-6H,1-2H3. The molecule has 0 saturated carbocycles. The highest BCUT2D eigenvalue weighted by molar-refractivity contribution is 6.02. The molecule has 6 aliphatic rings. The van der Waals surface area contributed by atoms with E-state index in [1.54, 1.807) is 0 Å². The van der Waals surface area contributed by atoms with Crippen molar-refractivity contribution < 1.29 is 0 Å². The zero-order valence-corrected chi connectivity index (χ0v) is 67.8. The summed E-state index contributed by atoms with van der Waals surface area (Å²) in [6, 6.07) is 102. The van der Waals surface area contributed by atoms with Crippen LogP contribution in [-0.2, 0) is 38.5 Å². The monoisotopic (exact) mass is 1430 g/mol. The summed E-state index contributed by atoms with van der Waals surface area (Å²) in [6.07, 6.45) is 6.63. The summed E-state index contributed by atoms with van der Waals surface area (Å²) in [5.41, 5.74) is 57.2. The molecule has 0 heterocycles. The van der Waals surface area contributed by atoms with Gasteiger partial charge in [0.1, 0.15) is 0 Å². The first kappa shape index (κ1) is 75.4. The highest BCUT2D eigenvalue weighted by Gasteiger charge is 2.26. The van der Waals surface area contributed by atoms with Crippen LogP contribution in [0.15, 0.2) is 279 Å². The smallest absolute Gasteiger partial charge is 0.000820 e. The van der Waals surface area contributed by atoms with Gasteiger partial charge in [0.2, 0.25) is 0 Å². The van der Waals surface area contributed by atoms with Gasteiger partial charge in [0, 0.05) is 0 Å². The summed E-state index contributed by atoms with van der Waals surface area (Å²) in [7, 11) is 0. The fourth-order valence-electron chi connectivity index (χ4n) is 17.6. The number of fused-ring (bicyclic) bond motifs is 20.